The van der Waals surface area contributed by atoms with E-state index < -0.39 is 5.41 Å². The molecule has 0 aliphatic carbocycles. The van der Waals surface area contributed by atoms with Gasteiger partial charge < -0.3 is 5.73 Å². The average molecular weight is 369 g/mol. The molecule has 1 aliphatic heterocycles. The van der Waals surface area contributed by atoms with Crippen LogP contribution in [0.15, 0.2) is 22.7 Å². The van der Waals surface area contributed by atoms with E-state index in [4.69, 9.17) is 18.0 Å². The summed E-state index contributed by atoms with van der Waals surface area (Å²) in [7, 11) is 0. The topological polar surface area (TPSA) is 63.4 Å². The van der Waals surface area contributed by atoms with Crippen LogP contribution in [0, 0.1) is 11.3 Å². The molecule has 0 spiro atoms. The van der Waals surface area contributed by atoms with Gasteiger partial charge in [-0.2, -0.15) is 0 Å². The standard InChI is InChI=1S/C15H17BrN2O2S/c1-8(2)15(3)7-12(19)18(14(15)20)11-5-4-9(13(17)21)6-10(11)16/h4-6,8H,7H2,1-3H3,(H2,17,21). The maximum Gasteiger partial charge on any atom is 0.240 e. The molecule has 0 bridgehead atoms. The lowest BCUT2D eigenvalue weighted by atomic mass is 9.78. The van der Waals surface area contributed by atoms with Crippen molar-refractivity contribution in [3.8, 4) is 0 Å². The second-order valence-corrected chi connectivity index (χ2v) is 7.11. The molecule has 1 saturated heterocycles. The maximum atomic E-state index is 12.7. The van der Waals surface area contributed by atoms with Crippen LogP contribution in [0.5, 0.6) is 0 Å². The van der Waals surface area contributed by atoms with Crippen LogP contribution in [0.2, 0.25) is 0 Å². The van der Waals surface area contributed by atoms with E-state index in [9.17, 15) is 9.59 Å². The van der Waals surface area contributed by atoms with Crippen molar-refractivity contribution in [2.45, 2.75) is 27.2 Å². The summed E-state index contributed by atoms with van der Waals surface area (Å²) >= 11 is 8.32. The predicted molar refractivity (Wildman–Crippen MR) is 90.1 cm³/mol. The van der Waals surface area contributed by atoms with Crippen LogP contribution in [0.4, 0.5) is 5.69 Å². The second kappa shape index (κ2) is 5.50. The molecule has 1 aromatic rings. The summed E-state index contributed by atoms with van der Waals surface area (Å²) in [5.41, 5.74) is 6.16. The Labute approximate surface area is 137 Å². The summed E-state index contributed by atoms with van der Waals surface area (Å²) in [6.07, 6.45) is 0.229. The van der Waals surface area contributed by atoms with Crippen LogP contribution < -0.4 is 10.6 Å². The van der Waals surface area contributed by atoms with Crippen molar-refractivity contribution >= 4 is 50.6 Å². The second-order valence-electron chi connectivity index (χ2n) is 5.81. The SMILES string of the molecule is CC(C)C1(C)CC(=O)N(c2ccc(C(N)=S)cc2Br)C1=O. The molecule has 0 aromatic heterocycles. The van der Waals surface area contributed by atoms with Crippen LogP contribution in [0.3, 0.4) is 0 Å². The number of halogens is 1. The monoisotopic (exact) mass is 368 g/mol. The molecular weight excluding hydrogens is 352 g/mol. The molecule has 21 heavy (non-hydrogen) atoms. The molecule has 1 fully saturated rings. The Kier molecular flexibility index (Phi) is 4.22. The number of carbonyl (C=O) groups excluding carboxylic acids is 2. The first-order chi connectivity index (χ1) is 9.68. The van der Waals surface area contributed by atoms with Crippen molar-refractivity contribution in [2.24, 2.45) is 17.1 Å². The van der Waals surface area contributed by atoms with Gasteiger partial charge in [0.05, 0.1) is 11.1 Å². The average Bonchev–Trinajstić information content (AvgIpc) is 2.62. The van der Waals surface area contributed by atoms with Crippen molar-refractivity contribution in [3.05, 3.63) is 28.2 Å². The van der Waals surface area contributed by atoms with Gasteiger partial charge >= 0.3 is 0 Å². The van der Waals surface area contributed by atoms with E-state index in [2.05, 4.69) is 15.9 Å². The fraction of sp³-hybridized carbons (Fsp3) is 0.400. The zero-order chi connectivity index (χ0) is 15.9. The maximum absolute atomic E-state index is 12.7. The van der Waals surface area contributed by atoms with Crippen LogP contribution in [-0.2, 0) is 9.59 Å². The molecule has 1 unspecified atom stereocenters. The summed E-state index contributed by atoms with van der Waals surface area (Å²) < 4.78 is 0.627. The molecule has 1 heterocycles. The number of benzene rings is 1. The molecule has 0 saturated carbocycles. The van der Waals surface area contributed by atoms with E-state index in [1.54, 1.807) is 18.2 Å². The van der Waals surface area contributed by atoms with Gasteiger partial charge in [-0.3, -0.25) is 9.59 Å². The zero-order valence-electron chi connectivity index (χ0n) is 12.1. The largest absolute Gasteiger partial charge is 0.389 e. The highest BCUT2D eigenvalue weighted by Crippen LogP contribution is 2.43. The van der Waals surface area contributed by atoms with E-state index in [0.717, 1.165) is 0 Å². The highest BCUT2D eigenvalue weighted by molar-refractivity contribution is 9.10. The Morgan fingerprint density at radius 2 is 2.05 bits per heavy atom. The van der Waals surface area contributed by atoms with Crippen LogP contribution in [0.1, 0.15) is 32.8 Å². The van der Waals surface area contributed by atoms with Gasteiger partial charge in [-0.05, 0) is 47.0 Å². The number of rotatable bonds is 3. The zero-order valence-corrected chi connectivity index (χ0v) is 14.5. The van der Waals surface area contributed by atoms with E-state index in [-0.39, 0.29) is 29.1 Å². The van der Waals surface area contributed by atoms with E-state index in [0.29, 0.717) is 15.7 Å². The van der Waals surface area contributed by atoms with E-state index in [1.165, 1.54) is 4.90 Å². The normalized spacial score (nSPS) is 22.2. The molecule has 2 rings (SSSR count). The van der Waals surface area contributed by atoms with Gasteiger partial charge in [-0.25, -0.2) is 4.90 Å². The number of thiocarbonyl (C=S) groups is 1. The summed E-state index contributed by atoms with van der Waals surface area (Å²) in [5.74, 6) is -0.250. The quantitative estimate of drug-likeness (QED) is 0.657. The Morgan fingerprint density at radius 3 is 2.48 bits per heavy atom. The van der Waals surface area contributed by atoms with Crippen molar-refractivity contribution in [2.75, 3.05) is 4.90 Å². The van der Waals surface area contributed by atoms with Crippen molar-refractivity contribution in [1.29, 1.82) is 0 Å². The third-order valence-corrected chi connectivity index (χ3v) is 5.08. The van der Waals surface area contributed by atoms with Gasteiger partial charge in [0.1, 0.15) is 4.99 Å². The number of amides is 2. The van der Waals surface area contributed by atoms with Crippen LogP contribution in [0.25, 0.3) is 0 Å². The van der Waals surface area contributed by atoms with E-state index >= 15 is 0 Å². The summed E-state index contributed by atoms with van der Waals surface area (Å²) in [6.45, 7) is 5.76. The third-order valence-electron chi connectivity index (χ3n) is 4.21. The van der Waals surface area contributed by atoms with E-state index in [1.807, 2.05) is 20.8 Å². The van der Waals surface area contributed by atoms with Gasteiger partial charge in [0.2, 0.25) is 11.8 Å². The number of nitrogens with zero attached hydrogens (tertiary/aromatic N) is 1. The lowest BCUT2D eigenvalue weighted by Gasteiger charge is -2.26. The smallest absolute Gasteiger partial charge is 0.240 e. The summed E-state index contributed by atoms with van der Waals surface area (Å²) in [6, 6.07) is 5.14. The van der Waals surface area contributed by atoms with Crippen molar-refractivity contribution < 1.29 is 9.59 Å². The molecule has 112 valence electrons. The lowest BCUT2D eigenvalue weighted by Crippen LogP contribution is -2.37. The predicted octanol–water partition coefficient (Wildman–Crippen LogP) is 3.01. The number of anilines is 1. The Bertz CT molecular complexity index is 645. The first kappa shape index (κ1) is 16.1. The molecule has 6 heteroatoms. The van der Waals surface area contributed by atoms with Gasteiger partial charge in [0.25, 0.3) is 0 Å². The lowest BCUT2D eigenvalue weighted by molar-refractivity contribution is -0.126. The summed E-state index contributed by atoms with van der Waals surface area (Å²) in [4.78, 5) is 26.5. The summed E-state index contributed by atoms with van der Waals surface area (Å²) in [5, 5.41) is 0. The van der Waals surface area contributed by atoms with Crippen LogP contribution in [-0.4, -0.2) is 16.8 Å². The molecule has 4 nitrogen and oxygen atoms in total. The van der Waals surface area contributed by atoms with Crippen molar-refractivity contribution in [3.63, 3.8) is 0 Å². The van der Waals surface area contributed by atoms with Gasteiger partial charge in [0.15, 0.2) is 0 Å². The Hall–Kier alpha value is -1.27. The number of imide groups is 1. The fourth-order valence-electron chi connectivity index (χ4n) is 2.37. The van der Waals surface area contributed by atoms with Gasteiger partial charge in [0, 0.05) is 16.5 Å². The number of hydrogen-bond acceptors (Lipinski definition) is 3. The Balaban J connectivity index is 2.46. The number of hydrogen-bond donors (Lipinski definition) is 1. The minimum absolute atomic E-state index is 0.0913. The number of nitrogens with two attached hydrogens (primary N) is 1. The van der Waals surface area contributed by atoms with Crippen molar-refractivity contribution in [1.82, 2.24) is 0 Å². The molecule has 2 N–H and O–H groups in total. The molecule has 1 aromatic carbocycles. The first-order valence-electron chi connectivity index (χ1n) is 6.65. The molecule has 1 aliphatic rings. The Morgan fingerprint density at radius 1 is 1.43 bits per heavy atom. The highest BCUT2D eigenvalue weighted by Gasteiger charge is 2.50. The molecule has 2 amide bonds. The third kappa shape index (κ3) is 2.62. The molecule has 1 atom stereocenters. The molecule has 0 radical (unpaired) electrons. The minimum Gasteiger partial charge on any atom is -0.389 e. The highest BCUT2D eigenvalue weighted by atomic mass is 79.9. The van der Waals surface area contributed by atoms with Crippen LogP contribution >= 0.6 is 28.1 Å². The first-order valence-corrected chi connectivity index (χ1v) is 7.85. The van der Waals surface area contributed by atoms with Gasteiger partial charge in [-0.15, -0.1) is 0 Å². The molecular formula is C15H17BrN2O2S. The van der Waals surface area contributed by atoms with Gasteiger partial charge in [-0.1, -0.05) is 26.1 Å². The number of carbonyl (C=O) groups is 2. The minimum atomic E-state index is -0.654. The fourth-order valence-corrected chi connectivity index (χ4v) is 3.06.